The molecule has 7 nitrogen and oxygen atoms in total. The van der Waals surface area contributed by atoms with Crippen molar-refractivity contribution < 1.29 is 0 Å². The van der Waals surface area contributed by atoms with Crippen LogP contribution in [0.15, 0.2) is 43.0 Å². The topological polar surface area (TPSA) is 78.4 Å². The maximum absolute atomic E-state index is 4.87. The molecular formula is C20H23N7. The highest BCUT2D eigenvalue weighted by atomic mass is 15.2. The Morgan fingerprint density at radius 2 is 2.15 bits per heavy atom. The predicted molar refractivity (Wildman–Crippen MR) is 103 cm³/mol. The fourth-order valence-corrected chi connectivity index (χ4v) is 4.02. The average Bonchev–Trinajstić information content (AvgIpc) is 3.41. The first kappa shape index (κ1) is 16.3. The van der Waals surface area contributed by atoms with E-state index in [-0.39, 0.29) is 6.04 Å². The first-order valence-electron chi connectivity index (χ1n) is 9.54. The maximum atomic E-state index is 4.87. The zero-order valence-electron chi connectivity index (χ0n) is 15.4. The number of H-pyrrole nitrogens is 2. The second-order valence-electron chi connectivity index (χ2n) is 7.07. The zero-order chi connectivity index (χ0) is 18.2. The summed E-state index contributed by atoms with van der Waals surface area (Å²) in [7, 11) is 0. The van der Waals surface area contributed by atoms with Crippen LogP contribution in [0.3, 0.4) is 0 Å². The molecule has 0 amide bonds. The second-order valence-corrected chi connectivity index (χ2v) is 7.07. The number of aromatic amines is 2. The fourth-order valence-electron chi connectivity index (χ4n) is 4.02. The molecule has 0 fully saturated rings. The number of fused-ring (bicyclic) bond motifs is 2. The van der Waals surface area contributed by atoms with Crippen molar-refractivity contribution >= 4 is 11.0 Å². The monoisotopic (exact) mass is 361 g/mol. The van der Waals surface area contributed by atoms with Crippen molar-refractivity contribution in [3.63, 3.8) is 0 Å². The van der Waals surface area contributed by atoms with Crippen LogP contribution in [-0.2, 0) is 19.5 Å². The molecule has 0 saturated carbocycles. The van der Waals surface area contributed by atoms with Gasteiger partial charge in [0, 0.05) is 37.6 Å². The van der Waals surface area contributed by atoms with E-state index >= 15 is 0 Å². The highest BCUT2D eigenvalue weighted by Gasteiger charge is 2.33. The van der Waals surface area contributed by atoms with E-state index in [1.165, 1.54) is 5.69 Å². The number of nitrogens with one attached hydrogen (secondary N) is 2. The molecule has 1 atom stereocenters. The molecule has 0 spiro atoms. The predicted octanol–water partition coefficient (Wildman–Crippen LogP) is 3.04. The van der Waals surface area contributed by atoms with Gasteiger partial charge in [0.1, 0.15) is 17.7 Å². The molecule has 1 unspecified atom stereocenters. The molecular weight excluding hydrogens is 338 g/mol. The lowest BCUT2D eigenvalue weighted by atomic mass is 10.0. The minimum atomic E-state index is -0.000762. The van der Waals surface area contributed by atoms with Crippen molar-refractivity contribution in [1.82, 2.24) is 34.4 Å². The molecule has 27 heavy (non-hydrogen) atoms. The van der Waals surface area contributed by atoms with Crippen molar-refractivity contribution in [2.45, 2.75) is 38.9 Å². The minimum Gasteiger partial charge on any atom is -0.348 e. The normalized spacial score (nSPS) is 17.4. The maximum Gasteiger partial charge on any atom is 0.130 e. The van der Waals surface area contributed by atoms with Crippen molar-refractivity contribution in [2.75, 3.05) is 6.54 Å². The van der Waals surface area contributed by atoms with E-state index in [1.807, 2.05) is 24.4 Å². The summed E-state index contributed by atoms with van der Waals surface area (Å²) in [6.45, 7) is 4.90. The number of imidazole rings is 3. The summed E-state index contributed by atoms with van der Waals surface area (Å²) in [5.41, 5.74) is 4.31. The Morgan fingerprint density at radius 3 is 3.04 bits per heavy atom. The molecule has 0 saturated heterocycles. The van der Waals surface area contributed by atoms with Gasteiger partial charge in [-0.25, -0.2) is 15.0 Å². The summed E-state index contributed by atoms with van der Waals surface area (Å²) in [6.07, 6.45) is 7.81. The second kappa shape index (κ2) is 6.66. The van der Waals surface area contributed by atoms with Gasteiger partial charge in [0.05, 0.1) is 29.6 Å². The van der Waals surface area contributed by atoms with Crippen LogP contribution in [0.5, 0.6) is 0 Å². The number of nitrogens with zero attached hydrogens (tertiary/aromatic N) is 5. The molecule has 3 aromatic heterocycles. The minimum absolute atomic E-state index is 0.000762. The SMILES string of the molecule is CCCn1ccnc1CN1CCc2[nH]cnc2C1c1nc2ccccc2[nH]1. The number of rotatable bonds is 5. The Bertz CT molecular complexity index is 1020. The lowest BCUT2D eigenvalue weighted by Crippen LogP contribution is -2.37. The van der Waals surface area contributed by atoms with Crippen LogP contribution < -0.4 is 0 Å². The molecule has 4 heterocycles. The van der Waals surface area contributed by atoms with Crippen LogP contribution in [0.25, 0.3) is 11.0 Å². The molecule has 0 radical (unpaired) electrons. The Morgan fingerprint density at radius 1 is 1.22 bits per heavy atom. The van der Waals surface area contributed by atoms with E-state index in [0.717, 1.165) is 60.9 Å². The molecule has 1 aliphatic heterocycles. The molecule has 1 aromatic carbocycles. The average molecular weight is 361 g/mol. The van der Waals surface area contributed by atoms with Crippen molar-refractivity contribution in [2.24, 2.45) is 0 Å². The third kappa shape index (κ3) is 2.84. The quantitative estimate of drug-likeness (QED) is 0.573. The van der Waals surface area contributed by atoms with Gasteiger partial charge in [-0.15, -0.1) is 0 Å². The third-order valence-corrected chi connectivity index (χ3v) is 5.30. The highest BCUT2D eigenvalue weighted by molar-refractivity contribution is 5.75. The van der Waals surface area contributed by atoms with E-state index < -0.39 is 0 Å². The number of benzene rings is 1. The van der Waals surface area contributed by atoms with Crippen molar-refractivity contribution in [3.8, 4) is 0 Å². The first-order chi connectivity index (χ1) is 13.3. The first-order valence-corrected chi connectivity index (χ1v) is 9.54. The summed E-state index contributed by atoms with van der Waals surface area (Å²) in [6, 6.07) is 8.16. The molecule has 1 aliphatic rings. The molecule has 4 aromatic rings. The lowest BCUT2D eigenvalue weighted by molar-refractivity contribution is 0.187. The smallest absolute Gasteiger partial charge is 0.130 e. The van der Waals surface area contributed by atoms with Crippen molar-refractivity contribution in [1.29, 1.82) is 0 Å². The van der Waals surface area contributed by atoms with Crippen LogP contribution in [0, 0.1) is 0 Å². The largest absolute Gasteiger partial charge is 0.348 e. The van der Waals surface area contributed by atoms with Gasteiger partial charge < -0.3 is 14.5 Å². The number of hydrogen-bond acceptors (Lipinski definition) is 4. The number of aryl methyl sites for hydroxylation is 1. The van der Waals surface area contributed by atoms with Crippen LogP contribution in [-0.4, -0.2) is 40.9 Å². The van der Waals surface area contributed by atoms with Crippen LogP contribution in [0.1, 0.15) is 42.4 Å². The van der Waals surface area contributed by atoms with Gasteiger partial charge in [-0.3, -0.25) is 4.90 Å². The van der Waals surface area contributed by atoms with E-state index in [4.69, 9.17) is 4.98 Å². The zero-order valence-corrected chi connectivity index (χ0v) is 15.4. The van der Waals surface area contributed by atoms with E-state index in [2.05, 4.69) is 48.6 Å². The van der Waals surface area contributed by atoms with Gasteiger partial charge in [-0.1, -0.05) is 19.1 Å². The third-order valence-electron chi connectivity index (χ3n) is 5.30. The Kier molecular flexibility index (Phi) is 4.01. The Hall–Kier alpha value is -2.93. The van der Waals surface area contributed by atoms with E-state index in [0.29, 0.717) is 0 Å². The Labute approximate surface area is 157 Å². The number of aromatic nitrogens is 6. The molecule has 0 aliphatic carbocycles. The lowest BCUT2D eigenvalue weighted by Gasteiger charge is -2.33. The van der Waals surface area contributed by atoms with E-state index in [9.17, 15) is 0 Å². The van der Waals surface area contributed by atoms with Crippen LogP contribution >= 0.6 is 0 Å². The van der Waals surface area contributed by atoms with E-state index in [1.54, 1.807) is 6.33 Å². The number of hydrogen-bond donors (Lipinski definition) is 2. The van der Waals surface area contributed by atoms with Gasteiger partial charge >= 0.3 is 0 Å². The van der Waals surface area contributed by atoms with Gasteiger partial charge in [-0.05, 0) is 18.6 Å². The van der Waals surface area contributed by atoms with Gasteiger partial charge in [0.2, 0.25) is 0 Å². The van der Waals surface area contributed by atoms with Gasteiger partial charge in [-0.2, -0.15) is 0 Å². The molecule has 2 N–H and O–H groups in total. The summed E-state index contributed by atoms with van der Waals surface area (Å²) < 4.78 is 2.25. The van der Waals surface area contributed by atoms with Crippen molar-refractivity contribution in [3.05, 3.63) is 66.0 Å². The molecule has 0 bridgehead atoms. The standard InChI is InChI=1S/C20H23N7/c1-2-9-26-11-8-21-17(26)12-27-10-7-16-18(23-13-22-16)19(27)20-24-14-5-3-4-6-15(14)25-20/h3-6,8,11,13,19H,2,7,9-10,12H2,1H3,(H,22,23)(H,24,25). The van der Waals surface area contributed by atoms with Crippen LogP contribution in [0.2, 0.25) is 0 Å². The Balaban J connectivity index is 1.54. The molecule has 7 heteroatoms. The molecule has 5 rings (SSSR count). The summed E-state index contributed by atoms with van der Waals surface area (Å²) in [4.78, 5) is 23.4. The highest BCUT2D eigenvalue weighted by Crippen LogP contribution is 2.33. The van der Waals surface area contributed by atoms with Crippen LogP contribution in [0.4, 0.5) is 0 Å². The fraction of sp³-hybridized carbons (Fsp3) is 0.350. The summed E-state index contributed by atoms with van der Waals surface area (Å²) in [5, 5.41) is 0. The number of para-hydroxylation sites is 2. The van der Waals surface area contributed by atoms with Gasteiger partial charge in [0.25, 0.3) is 0 Å². The summed E-state index contributed by atoms with van der Waals surface area (Å²) >= 11 is 0. The molecule has 138 valence electrons. The summed E-state index contributed by atoms with van der Waals surface area (Å²) in [5.74, 6) is 2.04. The van der Waals surface area contributed by atoms with Gasteiger partial charge in [0.15, 0.2) is 0 Å².